The van der Waals surface area contributed by atoms with Crippen LogP contribution in [0.5, 0.6) is 0 Å². The van der Waals surface area contributed by atoms with Gasteiger partial charge in [0.1, 0.15) is 0 Å². The lowest BCUT2D eigenvalue weighted by molar-refractivity contribution is -0.0588. The van der Waals surface area contributed by atoms with Gasteiger partial charge >= 0.3 is 5.97 Å². The first-order chi connectivity index (χ1) is 10.6. The Morgan fingerprint density at radius 1 is 1.18 bits per heavy atom. The summed E-state index contributed by atoms with van der Waals surface area (Å²) in [7, 11) is 0. The summed E-state index contributed by atoms with van der Waals surface area (Å²) in [6, 6.07) is 6.35. The van der Waals surface area contributed by atoms with E-state index in [-0.39, 0.29) is 16.8 Å². The van der Waals surface area contributed by atoms with Gasteiger partial charge in [0.2, 0.25) is 0 Å². The molecule has 0 N–H and O–H groups in total. The zero-order chi connectivity index (χ0) is 15.3. The Labute approximate surface area is 129 Å². The Kier molecular flexibility index (Phi) is 2.83. The second kappa shape index (κ2) is 4.74. The average molecular weight is 314 g/mol. The average Bonchev–Trinajstić information content (AvgIpc) is 3.22. The summed E-state index contributed by atoms with van der Waals surface area (Å²) in [5.74, 6) is -1.62. The predicted molar refractivity (Wildman–Crippen MR) is 76.4 cm³/mol. The highest BCUT2D eigenvalue weighted by Crippen LogP contribution is 2.41. The predicted octanol–water partition coefficient (Wildman–Crippen LogP) is 2.39. The molecule has 0 saturated heterocycles. The summed E-state index contributed by atoms with van der Waals surface area (Å²) in [6.45, 7) is 0. The number of carbonyl (C=O) groups is 3. The highest BCUT2D eigenvalue weighted by molar-refractivity contribution is 7.10. The van der Waals surface area contributed by atoms with Crippen LogP contribution in [-0.2, 0) is 4.84 Å². The molecule has 2 amide bonds. The van der Waals surface area contributed by atoms with E-state index in [0.717, 1.165) is 17.8 Å². The van der Waals surface area contributed by atoms with Gasteiger partial charge in [-0.3, -0.25) is 9.59 Å². The number of hydrogen-bond donors (Lipinski definition) is 0. The Morgan fingerprint density at radius 3 is 2.41 bits per heavy atom. The molecule has 2 heterocycles. The van der Waals surface area contributed by atoms with Crippen LogP contribution in [0.15, 0.2) is 29.6 Å². The SMILES string of the molecule is O=C(ON1C(=O)c2ccccc2C1=O)c1csc(C2CC2)n1. The molecule has 1 aliphatic heterocycles. The molecule has 0 radical (unpaired) electrons. The molecule has 1 saturated carbocycles. The largest absolute Gasteiger partial charge is 0.383 e. The number of fused-ring (bicyclic) bond motifs is 1. The van der Waals surface area contributed by atoms with Crippen molar-refractivity contribution in [2.75, 3.05) is 0 Å². The monoisotopic (exact) mass is 314 g/mol. The summed E-state index contributed by atoms with van der Waals surface area (Å²) in [6.07, 6.45) is 2.17. The van der Waals surface area contributed by atoms with Crippen LogP contribution < -0.4 is 0 Å². The van der Waals surface area contributed by atoms with Gasteiger partial charge < -0.3 is 4.84 Å². The number of rotatable bonds is 3. The van der Waals surface area contributed by atoms with Crippen LogP contribution in [0.2, 0.25) is 0 Å². The van der Waals surface area contributed by atoms with E-state index in [1.807, 2.05) is 0 Å². The molecular formula is C15H10N2O4S. The smallest absolute Gasteiger partial charge is 0.322 e. The number of imide groups is 1. The second-order valence-corrected chi connectivity index (χ2v) is 6.06. The molecule has 1 aliphatic carbocycles. The zero-order valence-corrected chi connectivity index (χ0v) is 12.1. The molecule has 7 heteroatoms. The first-order valence-electron chi connectivity index (χ1n) is 6.80. The van der Waals surface area contributed by atoms with Gasteiger partial charge in [-0.1, -0.05) is 17.2 Å². The van der Waals surface area contributed by atoms with Gasteiger partial charge in [0.15, 0.2) is 5.69 Å². The van der Waals surface area contributed by atoms with E-state index in [4.69, 9.17) is 4.84 Å². The van der Waals surface area contributed by atoms with Crippen LogP contribution in [0.1, 0.15) is 55.0 Å². The molecule has 22 heavy (non-hydrogen) atoms. The number of hydroxylamine groups is 2. The van der Waals surface area contributed by atoms with Gasteiger partial charge in [-0.05, 0) is 25.0 Å². The van der Waals surface area contributed by atoms with Gasteiger partial charge in [-0.15, -0.1) is 11.3 Å². The summed E-state index contributed by atoms with van der Waals surface area (Å²) in [5.41, 5.74) is 0.595. The van der Waals surface area contributed by atoms with Crippen molar-refractivity contribution >= 4 is 29.1 Å². The maximum atomic E-state index is 12.1. The number of amides is 2. The summed E-state index contributed by atoms with van der Waals surface area (Å²) in [4.78, 5) is 45.5. The number of thiazole rings is 1. The molecule has 1 fully saturated rings. The van der Waals surface area contributed by atoms with Crippen LogP contribution >= 0.6 is 11.3 Å². The van der Waals surface area contributed by atoms with Crippen LogP contribution in [0, 0.1) is 0 Å². The molecule has 0 atom stereocenters. The lowest BCUT2D eigenvalue weighted by atomic mass is 10.1. The van der Waals surface area contributed by atoms with Gasteiger partial charge in [0, 0.05) is 11.3 Å². The number of benzene rings is 1. The third-order valence-corrected chi connectivity index (χ3v) is 4.60. The van der Waals surface area contributed by atoms with Gasteiger partial charge in [-0.2, -0.15) is 0 Å². The molecule has 0 bridgehead atoms. The minimum Gasteiger partial charge on any atom is -0.322 e. The first-order valence-corrected chi connectivity index (χ1v) is 7.68. The van der Waals surface area contributed by atoms with E-state index < -0.39 is 17.8 Å². The minimum atomic E-state index is -0.794. The summed E-state index contributed by atoms with van der Waals surface area (Å²) < 4.78 is 0. The maximum absolute atomic E-state index is 12.1. The van der Waals surface area contributed by atoms with E-state index in [9.17, 15) is 14.4 Å². The molecule has 0 spiro atoms. The zero-order valence-electron chi connectivity index (χ0n) is 11.3. The Hall–Kier alpha value is -2.54. The summed E-state index contributed by atoms with van der Waals surface area (Å²) >= 11 is 1.40. The second-order valence-electron chi connectivity index (χ2n) is 5.17. The number of nitrogens with zero attached hydrogens (tertiary/aromatic N) is 2. The topological polar surface area (TPSA) is 76.6 Å². The molecule has 0 unspecified atom stereocenters. The molecule has 2 aromatic rings. The van der Waals surface area contributed by atoms with Crippen molar-refractivity contribution in [3.63, 3.8) is 0 Å². The normalized spacial score (nSPS) is 16.8. The standard InChI is InChI=1S/C15H10N2O4S/c18-13-9-3-1-2-4-10(9)14(19)17(13)21-15(20)11-7-22-12(16-11)8-5-6-8/h1-4,7-8H,5-6H2. The fraction of sp³-hybridized carbons (Fsp3) is 0.200. The van der Waals surface area contributed by atoms with Crippen molar-refractivity contribution in [1.29, 1.82) is 0 Å². The molecule has 1 aromatic carbocycles. The van der Waals surface area contributed by atoms with Crippen LogP contribution in [0.25, 0.3) is 0 Å². The third-order valence-electron chi connectivity index (χ3n) is 3.59. The fourth-order valence-electron chi connectivity index (χ4n) is 2.28. The van der Waals surface area contributed by atoms with E-state index in [1.165, 1.54) is 23.5 Å². The van der Waals surface area contributed by atoms with Crippen molar-refractivity contribution in [2.24, 2.45) is 0 Å². The minimum absolute atomic E-state index is 0.128. The van der Waals surface area contributed by atoms with Crippen LogP contribution in [0.4, 0.5) is 0 Å². The molecule has 6 nitrogen and oxygen atoms in total. The molecule has 1 aromatic heterocycles. The fourth-order valence-corrected chi connectivity index (χ4v) is 3.24. The summed E-state index contributed by atoms with van der Waals surface area (Å²) in [5, 5.41) is 2.99. The van der Waals surface area contributed by atoms with Crippen molar-refractivity contribution in [3.8, 4) is 0 Å². The van der Waals surface area contributed by atoms with Crippen molar-refractivity contribution in [2.45, 2.75) is 18.8 Å². The van der Waals surface area contributed by atoms with Crippen molar-refractivity contribution < 1.29 is 19.2 Å². The van der Waals surface area contributed by atoms with Crippen molar-refractivity contribution in [1.82, 2.24) is 10.0 Å². The van der Waals surface area contributed by atoms with E-state index >= 15 is 0 Å². The van der Waals surface area contributed by atoms with Crippen LogP contribution in [-0.4, -0.2) is 27.8 Å². The lowest BCUT2D eigenvalue weighted by Gasteiger charge is -2.11. The van der Waals surface area contributed by atoms with Gasteiger partial charge in [0.25, 0.3) is 11.8 Å². The first kappa shape index (κ1) is 13.1. The van der Waals surface area contributed by atoms with E-state index in [0.29, 0.717) is 11.0 Å². The molecule has 110 valence electrons. The van der Waals surface area contributed by atoms with E-state index in [2.05, 4.69) is 4.98 Å². The van der Waals surface area contributed by atoms with Crippen molar-refractivity contribution in [3.05, 3.63) is 51.5 Å². The number of carbonyl (C=O) groups excluding carboxylic acids is 3. The molecular weight excluding hydrogens is 304 g/mol. The van der Waals surface area contributed by atoms with Crippen LogP contribution in [0.3, 0.4) is 0 Å². The quantitative estimate of drug-likeness (QED) is 0.813. The number of aromatic nitrogens is 1. The highest BCUT2D eigenvalue weighted by atomic mass is 32.1. The lowest BCUT2D eigenvalue weighted by Crippen LogP contribution is -2.32. The maximum Gasteiger partial charge on any atom is 0.383 e. The molecule has 2 aliphatic rings. The Balaban J connectivity index is 1.55. The third kappa shape index (κ3) is 2.01. The van der Waals surface area contributed by atoms with Gasteiger partial charge in [-0.25, -0.2) is 9.78 Å². The van der Waals surface area contributed by atoms with E-state index in [1.54, 1.807) is 17.5 Å². The molecule has 4 rings (SSSR count). The highest BCUT2D eigenvalue weighted by Gasteiger charge is 2.39. The number of hydrogen-bond acceptors (Lipinski definition) is 6. The Morgan fingerprint density at radius 2 is 1.82 bits per heavy atom. The van der Waals surface area contributed by atoms with Gasteiger partial charge in [0.05, 0.1) is 16.1 Å². The Bertz CT molecular complexity index is 774.